The average Bonchev–Trinajstić information content (AvgIpc) is 2.25. The molecule has 0 spiro atoms. The maximum absolute atomic E-state index is 12.3. The van der Waals surface area contributed by atoms with Gasteiger partial charge in [-0.15, -0.1) is 0 Å². The second-order valence-corrected chi connectivity index (χ2v) is 6.52. The van der Waals surface area contributed by atoms with E-state index < -0.39 is 12.6 Å². The summed E-state index contributed by atoms with van der Waals surface area (Å²) in [6, 6.07) is 0. The Bertz CT molecular complexity index is 270. The normalized spacial score (nSPS) is 29.2. The molecule has 0 aliphatic carbocycles. The molecule has 1 saturated heterocycles. The fourth-order valence-electron chi connectivity index (χ4n) is 3.16. The lowest BCUT2D eigenvalue weighted by molar-refractivity contribution is -0.137. The van der Waals surface area contributed by atoms with Crippen LogP contribution in [0.3, 0.4) is 0 Å². The Morgan fingerprint density at radius 2 is 1.63 bits per heavy atom. The lowest BCUT2D eigenvalue weighted by Gasteiger charge is -2.46. The third kappa shape index (κ3) is 5.30. The lowest BCUT2D eigenvalue weighted by atomic mass is 9.85. The number of nitrogens with two attached hydrogens (primary N) is 1. The Hall–Kier alpha value is -0.290. The molecular weight excluding hydrogens is 253 g/mol. The molecule has 0 aromatic heterocycles. The molecule has 0 saturated carbocycles. The minimum atomic E-state index is -4.06. The summed E-state index contributed by atoms with van der Waals surface area (Å²) in [7, 11) is 0. The Balaban J connectivity index is 2.58. The topological polar surface area (TPSA) is 29.3 Å². The van der Waals surface area contributed by atoms with Crippen LogP contribution in [0.15, 0.2) is 0 Å². The van der Waals surface area contributed by atoms with Crippen molar-refractivity contribution in [2.45, 2.75) is 58.2 Å². The molecule has 1 rings (SSSR count). The lowest BCUT2D eigenvalue weighted by Crippen LogP contribution is -2.56. The fourth-order valence-corrected chi connectivity index (χ4v) is 3.16. The van der Waals surface area contributed by atoms with Crippen LogP contribution in [0.2, 0.25) is 0 Å². The second-order valence-electron chi connectivity index (χ2n) is 6.52. The van der Waals surface area contributed by atoms with Crippen molar-refractivity contribution in [1.29, 1.82) is 0 Å². The number of alkyl halides is 3. The second kappa shape index (κ2) is 6.44. The Kier molecular flexibility index (Phi) is 5.68. The first-order valence-corrected chi connectivity index (χ1v) is 7.18. The maximum Gasteiger partial charge on any atom is 0.389 e. The molecule has 0 amide bonds. The number of nitrogens with zero attached hydrogens (tertiary/aromatic N) is 1. The van der Waals surface area contributed by atoms with E-state index >= 15 is 0 Å². The Labute approximate surface area is 114 Å². The first-order chi connectivity index (χ1) is 8.66. The number of hydrogen-bond donors (Lipinski definition) is 1. The van der Waals surface area contributed by atoms with Gasteiger partial charge in [0.2, 0.25) is 0 Å². The van der Waals surface area contributed by atoms with Gasteiger partial charge < -0.3 is 5.73 Å². The summed E-state index contributed by atoms with van der Waals surface area (Å²) >= 11 is 0. The van der Waals surface area contributed by atoms with E-state index in [9.17, 15) is 13.2 Å². The molecular formula is C14H27F3N2. The highest BCUT2D eigenvalue weighted by atomic mass is 19.4. The van der Waals surface area contributed by atoms with E-state index in [2.05, 4.69) is 18.7 Å². The summed E-state index contributed by atoms with van der Waals surface area (Å²) in [5, 5.41) is 0. The molecule has 0 bridgehead atoms. The quantitative estimate of drug-likeness (QED) is 0.836. The fraction of sp³-hybridized carbons (Fsp3) is 1.00. The highest BCUT2D eigenvalue weighted by molar-refractivity contribution is 4.91. The third-order valence-electron chi connectivity index (χ3n) is 4.25. The van der Waals surface area contributed by atoms with E-state index in [-0.39, 0.29) is 12.0 Å². The molecule has 2 nitrogen and oxygen atoms in total. The summed E-state index contributed by atoms with van der Waals surface area (Å²) in [4.78, 5) is 2.31. The molecule has 19 heavy (non-hydrogen) atoms. The van der Waals surface area contributed by atoms with Crippen LogP contribution in [0.1, 0.15) is 46.5 Å². The molecule has 3 atom stereocenters. The molecule has 1 aliphatic rings. The van der Waals surface area contributed by atoms with Crippen LogP contribution in [0.5, 0.6) is 0 Å². The number of likely N-dealkylation sites (tertiary alicyclic amines) is 1. The SMILES string of the molecule is CC1CC(C)CN(C(C)(CN)CCCC(F)(F)F)C1. The van der Waals surface area contributed by atoms with Gasteiger partial charge in [-0.05, 0) is 38.0 Å². The van der Waals surface area contributed by atoms with Crippen LogP contribution in [0, 0.1) is 11.8 Å². The Morgan fingerprint density at radius 1 is 1.11 bits per heavy atom. The number of piperidine rings is 1. The van der Waals surface area contributed by atoms with Gasteiger partial charge in [0.15, 0.2) is 0 Å². The number of rotatable bonds is 5. The molecule has 5 heteroatoms. The molecule has 1 aliphatic heterocycles. The Morgan fingerprint density at radius 3 is 2.05 bits per heavy atom. The van der Waals surface area contributed by atoms with Gasteiger partial charge in [0, 0.05) is 31.6 Å². The zero-order valence-electron chi connectivity index (χ0n) is 12.3. The molecule has 0 aromatic rings. The monoisotopic (exact) mass is 280 g/mol. The molecule has 0 radical (unpaired) electrons. The van der Waals surface area contributed by atoms with Crippen LogP contribution in [0.25, 0.3) is 0 Å². The zero-order chi connectivity index (χ0) is 14.7. The van der Waals surface area contributed by atoms with E-state index in [1.54, 1.807) is 0 Å². The van der Waals surface area contributed by atoms with Gasteiger partial charge in [0.1, 0.15) is 0 Å². The van der Waals surface area contributed by atoms with Crippen molar-refractivity contribution in [3.05, 3.63) is 0 Å². The minimum Gasteiger partial charge on any atom is -0.329 e. The van der Waals surface area contributed by atoms with Gasteiger partial charge in [0.25, 0.3) is 0 Å². The van der Waals surface area contributed by atoms with Crippen LogP contribution in [0.4, 0.5) is 13.2 Å². The van der Waals surface area contributed by atoms with Crippen LogP contribution in [-0.2, 0) is 0 Å². The highest BCUT2D eigenvalue weighted by Gasteiger charge is 2.36. The molecule has 1 heterocycles. The first kappa shape index (κ1) is 16.8. The standard InChI is InChI=1S/C14H27F3N2/c1-11-7-12(2)9-19(8-11)13(3,10-18)5-4-6-14(15,16)17/h11-12H,4-10,18H2,1-3H3. The van der Waals surface area contributed by atoms with Crippen molar-refractivity contribution in [1.82, 2.24) is 4.90 Å². The summed E-state index contributed by atoms with van der Waals surface area (Å²) in [5.41, 5.74) is 5.56. The zero-order valence-corrected chi connectivity index (χ0v) is 12.3. The molecule has 0 aromatic carbocycles. The van der Waals surface area contributed by atoms with Gasteiger partial charge in [-0.2, -0.15) is 13.2 Å². The van der Waals surface area contributed by atoms with Crippen LogP contribution in [-0.4, -0.2) is 36.2 Å². The minimum absolute atomic E-state index is 0.163. The predicted molar refractivity (Wildman–Crippen MR) is 71.9 cm³/mol. The average molecular weight is 280 g/mol. The van der Waals surface area contributed by atoms with Crippen molar-refractivity contribution < 1.29 is 13.2 Å². The molecule has 2 N–H and O–H groups in total. The summed E-state index contributed by atoms with van der Waals surface area (Å²) in [5.74, 6) is 1.19. The van der Waals surface area contributed by atoms with E-state index in [0.29, 0.717) is 24.8 Å². The van der Waals surface area contributed by atoms with Crippen molar-refractivity contribution in [2.75, 3.05) is 19.6 Å². The largest absolute Gasteiger partial charge is 0.389 e. The van der Waals surface area contributed by atoms with Crippen molar-refractivity contribution >= 4 is 0 Å². The smallest absolute Gasteiger partial charge is 0.329 e. The third-order valence-corrected chi connectivity index (χ3v) is 4.25. The van der Waals surface area contributed by atoms with Gasteiger partial charge in [-0.1, -0.05) is 13.8 Å². The molecule has 3 unspecified atom stereocenters. The van der Waals surface area contributed by atoms with Gasteiger partial charge in [-0.3, -0.25) is 4.90 Å². The van der Waals surface area contributed by atoms with E-state index in [0.717, 1.165) is 13.1 Å². The number of halogens is 3. The van der Waals surface area contributed by atoms with E-state index in [1.165, 1.54) is 6.42 Å². The van der Waals surface area contributed by atoms with Crippen LogP contribution < -0.4 is 5.73 Å². The summed E-state index contributed by atoms with van der Waals surface area (Å²) in [6.45, 7) is 8.73. The van der Waals surface area contributed by atoms with Gasteiger partial charge in [-0.25, -0.2) is 0 Å². The first-order valence-electron chi connectivity index (χ1n) is 7.18. The van der Waals surface area contributed by atoms with Crippen molar-refractivity contribution in [2.24, 2.45) is 17.6 Å². The molecule has 1 fully saturated rings. The van der Waals surface area contributed by atoms with E-state index in [1.807, 2.05) is 6.92 Å². The van der Waals surface area contributed by atoms with E-state index in [4.69, 9.17) is 5.73 Å². The maximum atomic E-state index is 12.3. The highest BCUT2D eigenvalue weighted by Crippen LogP contribution is 2.31. The van der Waals surface area contributed by atoms with Crippen molar-refractivity contribution in [3.8, 4) is 0 Å². The summed E-state index contributed by atoms with van der Waals surface area (Å²) < 4.78 is 36.8. The van der Waals surface area contributed by atoms with Gasteiger partial charge in [0.05, 0.1) is 0 Å². The number of hydrogen-bond acceptors (Lipinski definition) is 2. The van der Waals surface area contributed by atoms with Crippen molar-refractivity contribution in [3.63, 3.8) is 0 Å². The van der Waals surface area contributed by atoms with Crippen LogP contribution >= 0.6 is 0 Å². The predicted octanol–water partition coefficient (Wildman–Crippen LogP) is 3.41. The molecule has 114 valence electrons. The summed E-state index contributed by atoms with van der Waals surface area (Å²) in [6.07, 6.45) is -2.89. The van der Waals surface area contributed by atoms with Gasteiger partial charge >= 0.3 is 6.18 Å².